The molecule has 0 aliphatic heterocycles. The number of anilines is 1. The van der Waals surface area contributed by atoms with E-state index in [1.807, 2.05) is 37.5 Å². The van der Waals surface area contributed by atoms with Crippen LogP contribution in [0.15, 0.2) is 30.6 Å². The van der Waals surface area contributed by atoms with E-state index < -0.39 is 0 Å². The van der Waals surface area contributed by atoms with Crippen LogP contribution in [0, 0.1) is 6.92 Å². The number of imidazole rings is 1. The lowest BCUT2D eigenvalue weighted by molar-refractivity contribution is 0.629. The first kappa shape index (κ1) is 12.7. The van der Waals surface area contributed by atoms with Crippen molar-refractivity contribution in [2.24, 2.45) is 0 Å². The first-order valence-corrected chi connectivity index (χ1v) is 6.71. The number of aromatic amines is 1. The molecule has 0 radical (unpaired) electrons. The number of nitrogens with one attached hydrogen (secondary N) is 2. The average molecular weight is 269 g/mol. The number of pyridine rings is 1. The predicted molar refractivity (Wildman–Crippen MR) is 80.9 cm³/mol. The van der Waals surface area contributed by atoms with Gasteiger partial charge in [0, 0.05) is 23.0 Å². The molecule has 5 nitrogen and oxygen atoms in total. The molecule has 0 aliphatic carbocycles. The lowest BCUT2D eigenvalue weighted by Gasteiger charge is -2.22. The topological polar surface area (TPSA) is 58.0 Å². The van der Waals surface area contributed by atoms with Crippen LogP contribution in [0.3, 0.4) is 0 Å². The molecule has 5 heteroatoms. The fourth-order valence-corrected chi connectivity index (χ4v) is 2.25. The van der Waals surface area contributed by atoms with Gasteiger partial charge in [-0.3, -0.25) is 9.50 Å². The molecule has 0 saturated heterocycles. The zero-order valence-corrected chi connectivity index (χ0v) is 12.2. The second-order valence-electron chi connectivity index (χ2n) is 6.02. The summed E-state index contributed by atoms with van der Waals surface area (Å²) in [6.07, 6.45) is 3.85. The van der Waals surface area contributed by atoms with Crippen LogP contribution in [0.4, 0.5) is 5.82 Å². The van der Waals surface area contributed by atoms with E-state index in [1.165, 1.54) is 0 Å². The Labute approximate surface area is 118 Å². The van der Waals surface area contributed by atoms with Crippen molar-refractivity contribution >= 4 is 11.5 Å². The fraction of sp³-hybridized carbons (Fsp3) is 0.333. The molecule has 0 saturated carbocycles. The summed E-state index contributed by atoms with van der Waals surface area (Å²) in [5.41, 5.74) is 3.86. The van der Waals surface area contributed by atoms with Crippen molar-refractivity contribution in [1.29, 1.82) is 0 Å². The molecule has 0 fully saturated rings. The summed E-state index contributed by atoms with van der Waals surface area (Å²) in [6.45, 7) is 8.43. The third-order valence-corrected chi connectivity index (χ3v) is 3.11. The molecule has 0 aromatic carbocycles. The summed E-state index contributed by atoms with van der Waals surface area (Å²) in [4.78, 5) is 4.74. The Hall–Kier alpha value is -2.30. The second kappa shape index (κ2) is 4.37. The standard InChI is InChI=1S/C15H19N5/c1-10-11(9-16-19-10)13-14(18-15(2,3)4)20-8-6-5-7-12(20)17-13/h5-9,18H,1-4H3,(H,16,19). The van der Waals surface area contributed by atoms with Crippen molar-refractivity contribution in [3.63, 3.8) is 0 Å². The molecule has 20 heavy (non-hydrogen) atoms. The average Bonchev–Trinajstić information content (AvgIpc) is 2.92. The van der Waals surface area contributed by atoms with Crippen molar-refractivity contribution in [1.82, 2.24) is 19.6 Å². The molecule has 0 aliphatic rings. The van der Waals surface area contributed by atoms with E-state index in [2.05, 4.69) is 40.7 Å². The number of H-pyrrole nitrogens is 1. The van der Waals surface area contributed by atoms with Crippen molar-refractivity contribution < 1.29 is 0 Å². The van der Waals surface area contributed by atoms with Crippen LogP contribution in [-0.2, 0) is 0 Å². The molecule has 104 valence electrons. The number of hydrogen-bond donors (Lipinski definition) is 2. The monoisotopic (exact) mass is 269 g/mol. The normalized spacial score (nSPS) is 12.0. The molecule has 3 rings (SSSR count). The van der Waals surface area contributed by atoms with Crippen LogP contribution in [0.25, 0.3) is 16.9 Å². The van der Waals surface area contributed by atoms with Gasteiger partial charge in [-0.1, -0.05) is 6.07 Å². The van der Waals surface area contributed by atoms with E-state index in [4.69, 9.17) is 4.98 Å². The molecule has 3 heterocycles. The molecule has 3 aromatic heterocycles. The SMILES string of the molecule is Cc1[nH]ncc1-c1nc2ccccn2c1NC(C)(C)C. The Morgan fingerprint density at radius 2 is 2.05 bits per heavy atom. The highest BCUT2D eigenvalue weighted by Crippen LogP contribution is 2.31. The summed E-state index contributed by atoms with van der Waals surface area (Å²) in [5, 5.41) is 10.6. The smallest absolute Gasteiger partial charge is 0.139 e. The molecule has 0 unspecified atom stereocenters. The predicted octanol–water partition coefficient (Wildman–Crippen LogP) is 3.24. The molecule has 0 spiro atoms. The highest BCUT2D eigenvalue weighted by Gasteiger charge is 2.20. The van der Waals surface area contributed by atoms with Gasteiger partial charge in [-0.05, 0) is 39.8 Å². The number of nitrogens with zero attached hydrogens (tertiary/aromatic N) is 3. The fourth-order valence-electron chi connectivity index (χ4n) is 2.25. The van der Waals surface area contributed by atoms with Gasteiger partial charge in [-0.25, -0.2) is 4.98 Å². The van der Waals surface area contributed by atoms with Crippen LogP contribution < -0.4 is 5.32 Å². The Bertz CT molecular complexity index is 745. The lowest BCUT2D eigenvalue weighted by atomic mass is 10.1. The van der Waals surface area contributed by atoms with E-state index in [9.17, 15) is 0 Å². The minimum Gasteiger partial charge on any atom is -0.365 e. The minimum absolute atomic E-state index is 0.0435. The Balaban J connectivity index is 2.25. The van der Waals surface area contributed by atoms with Crippen LogP contribution >= 0.6 is 0 Å². The molecule has 0 amide bonds. The molecule has 0 bridgehead atoms. The zero-order chi connectivity index (χ0) is 14.3. The van der Waals surface area contributed by atoms with Gasteiger partial charge < -0.3 is 5.32 Å². The molecule has 2 N–H and O–H groups in total. The minimum atomic E-state index is -0.0435. The van der Waals surface area contributed by atoms with Gasteiger partial charge in [-0.15, -0.1) is 0 Å². The van der Waals surface area contributed by atoms with E-state index in [-0.39, 0.29) is 5.54 Å². The van der Waals surface area contributed by atoms with Crippen molar-refractivity contribution in [2.75, 3.05) is 5.32 Å². The lowest BCUT2D eigenvalue weighted by Crippen LogP contribution is -2.27. The van der Waals surface area contributed by atoms with Crippen molar-refractivity contribution in [3.05, 3.63) is 36.3 Å². The first-order chi connectivity index (χ1) is 9.46. The number of fused-ring (bicyclic) bond motifs is 1. The number of rotatable bonds is 2. The maximum Gasteiger partial charge on any atom is 0.139 e. The zero-order valence-electron chi connectivity index (χ0n) is 12.2. The molecule has 0 atom stereocenters. The van der Waals surface area contributed by atoms with Crippen LogP contribution in [0.1, 0.15) is 26.5 Å². The first-order valence-electron chi connectivity index (χ1n) is 6.71. The van der Waals surface area contributed by atoms with Gasteiger partial charge in [-0.2, -0.15) is 5.10 Å². The highest BCUT2D eigenvalue weighted by molar-refractivity contribution is 5.77. The molecular formula is C15H19N5. The van der Waals surface area contributed by atoms with E-state index >= 15 is 0 Å². The summed E-state index contributed by atoms with van der Waals surface area (Å²) >= 11 is 0. The summed E-state index contributed by atoms with van der Waals surface area (Å²) in [7, 11) is 0. The Morgan fingerprint density at radius 1 is 1.25 bits per heavy atom. The van der Waals surface area contributed by atoms with Gasteiger partial charge in [0.05, 0.1) is 6.20 Å². The van der Waals surface area contributed by atoms with Gasteiger partial charge >= 0.3 is 0 Å². The summed E-state index contributed by atoms with van der Waals surface area (Å²) in [6, 6.07) is 6.01. The number of hydrogen-bond acceptors (Lipinski definition) is 3. The Morgan fingerprint density at radius 3 is 2.70 bits per heavy atom. The van der Waals surface area contributed by atoms with Crippen molar-refractivity contribution in [3.8, 4) is 11.3 Å². The maximum atomic E-state index is 4.74. The third kappa shape index (κ3) is 2.15. The van der Waals surface area contributed by atoms with E-state index in [1.54, 1.807) is 0 Å². The second-order valence-corrected chi connectivity index (χ2v) is 6.02. The Kier molecular flexibility index (Phi) is 2.78. The van der Waals surface area contributed by atoms with Crippen molar-refractivity contribution in [2.45, 2.75) is 33.2 Å². The summed E-state index contributed by atoms with van der Waals surface area (Å²) < 4.78 is 2.08. The van der Waals surface area contributed by atoms with Crippen LogP contribution in [-0.4, -0.2) is 25.1 Å². The van der Waals surface area contributed by atoms with Gasteiger partial charge in [0.1, 0.15) is 17.2 Å². The summed E-state index contributed by atoms with van der Waals surface area (Å²) in [5.74, 6) is 0.998. The van der Waals surface area contributed by atoms with Gasteiger partial charge in [0.15, 0.2) is 0 Å². The quantitative estimate of drug-likeness (QED) is 0.751. The van der Waals surface area contributed by atoms with E-state index in [0.717, 1.165) is 28.4 Å². The van der Waals surface area contributed by atoms with Gasteiger partial charge in [0.2, 0.25) is 0 Å². The van der Waals surface area contributed by atoms with Gasteiger partial charge in [0.25, 0.3) is 0 Å². The number of aromatic nitrogens is 4. The third-order valence-electron chi connectivity index (χ3n) is 3.11. The molecule has 3 aromatic rings. The highest BCUT2D eigenvalue weighted by atomic mass is 15.2. The van der Waals surface area contributed by atoms with Crippen LogP contribution in [0.2, 0.25) is 0 Å². The largest absolute Gasteiger partial charge is 0.365 e. The maximum absolute atomic E-state index is 4.74. The number of aryl methyl sites for hydroxylation is 1. The van der Waals surface area contributed by atoms with Crippen LogP contribution in [0.5, 0.6) is 0 Å². The van der Waals surface area contributed by atoms with E-state index in [0.29, 0.717) is 0 Å². The molecular weight excluding hydrogens is 250 g/mol.